The average Bonchev–Trinajstić information content (AvgIpc) is 3.21. The highest BCUT2D eigenvalue weighted by Crippen LogP contribution is 2.88. The van der Waals surface area contributed by atoms with Gasteiger partial charge in [0.2, 0.25) is 0 Å². The molecule has 17 heteroatoms. The molecule has 0 amide bonds. The van der Waals surface area contributed by atoms with Crippen LogP contribution in [0.2, 0.25) is 0 Å². The van der Waals surface area contributed by atoms with E-state index in [1.54, 1.807) is 6.92 Å². The number of hydrogen-bond donors (Lipinski definition) is 2. The lowest BCUT2D eigenvalue weighted by Gasteiger charge is -2.53. The Bertz CT molecular complexity index is 1450. The summed E-state index contributed by atoms with van der Waals surface area (Å²) >= 11 is 78.0. The summed E-state index contributed by atoms with van der Waals surface area (Å²) in [5.41, 5.74) is 0.934. The van der Waals surface area contributed by atoms with Crippen molar-refractivity contribution in [3.63, 3.8) is 0 Å². The van der Waals surface area contributed by atoms with Gasteiger partial charge in [-0.05, 0) is 41.7 Å². The number of fused-ring (bicyclic) bond motifs is 14. The lowest BCUT2D eigenvalue weighted by molar-refractivity contribution is -0.432. The summed E-state index contributed by atoms with van der Waals surface area (Å²) in [6.45, 7) is 1.66. The summed E-state index contributed by atoms with van der Waals surface area (Å²) in [6, 6.07) is 2.82. The van der Waals surface area contributed by atoms with Gasteiger partial charge in [-0.1, -0.05) is 86.2 Å². The van der Waals surface area contributed by atoms with Crippen LogP contribution in [0, 0.1) is 11.8 Å². The smallest absolute Gasteiger partial charge is 0.336 e. The van der Waals surface area contributed by atoms with Gasteiger partial charge < -0.3 is 5.11 Å². The van der Waals surface area contributed by atoms with Gasteiger partial charge in [-0.15, -0.1) is 50.7 Å². The van der Waals surface area contributed by atoms with E-state index in [2.05, 4.69) is 9.37 Å². The molecular formula is C22H11Cl11O5S. The first-order valence-electron chi connectivity index (χ1n) is 10.9. The van der Waals surface area contributed by atoms with Gasteiger partial charge in [-0.3, -0.25) is 0 Å². The summed E-state index contributed by atoms with van der Waals surface area (Å²) < 4.78 is 0.637. The molecule has 1 aromatic carbocycles. The van der Waals surface area contributed by atoms with Crippen molar-refractivity contribution in [3.05, 3.63) is 49.5 Å². The molecule has 2 fully saturated rings. The van der Waals surface area contributed by atoms with Crippen LogP contribution in [0.15, 0.2) is 37.7 Å². The van der Waals surface area contributed by atoms with E-state index in [-0.39, 0.29) is 25.6 Å². The molecule has 212 valence electrons. The first-order chi connectivity index (χ1) is 17.9. The third-order valence-corrected chi connectivity index (χ3v) is 17.7. The Kier molecular flexibility index (Phi) is 6.95. The van der Waals surface area contributed by atoms with E-state index < -0.39 is 57.8 Å². The van der Waals surface area contributed by atoms with E-state index in [1.165, 1.54) is 12.1 Å². The third kappa shape index (κ3) is 2.95. The van der Waals surface area contributed by atoms with Gasteiger partial charge in [0, 0.05) is 22.8 Å². The second kappa shape index (κ2) is 8.86. The van der Waals surface area contributed by atoms with Crippen LogP contribution in [0.25, 0.3) is 0 Å². The fourth-order valence-corrected chi connectivity index (χ4v) is 13.7. The van der Waals surface area contributed by atoms with Crippen LogP contribution in [0.1, 0.15) is 40.2 Å². The van der Waals surface area contributed by atoms with Crippen molar-refractivity contribution >= 4 is 146 Å². The first-order valence-corrected chi connectivity index (χ1v) is 15.8. The lowest BCUT2D eigenvalue weighted by atomic mass is 9.56. The number of allylic oxidation sites excluding steroid dienone is 4. The van der Waals surface area contributed by atoms with Crippen molar-refractivity contribution in [3.8, 4) is 0 Å². The molecule has 5 aliphatic rings. The SMILES string of the molecule is CC1=C(Cl)C2(Cl)C3c4cc(SOOO)c(C(=O)O)cc4C4C(C3C1(Cl)C2(Cl)Cl)C1(Cl)C(Cl)=C(Cl)C4(Cl)C1(Cl)Cl. The first kappa shape index (κ1) is 30.6. The molecule has 0 aliphatic heterocycles. The highest BCUT2D eigenvalue weighted by Gasteiger charge is 2.91. The quantitative estimate of drug-likeness (QED) is 0.137. The van der Waals surface area contributed by atoms with Gasteiger partial charge in [-0.25, -0.2) is 10.1 Å². The normalized spacial score (nSPS) is 44.1. The summed E-state index contributed by atoms with van der Waals surface area (Å²) in [5, 5.41) is 22.4. The molecule has 0 spiro atoms. The second-order valence-electron chi connectivity index (χ2n) is 10.1. The monoisotopic (exact) mass is 772 g/mol. The van der Waals surface area contributed by atoms with E-state index in [0.29, 0.717) is 28.7 Å². The van der Waals surface area contributed by atoms with Gasteiger partial charge >= 0.3 is 5.97 Å². The van der Waals surface area contributed by atoms with Crippen LogP contribution >= 0.6 is 140 Å². The Morgan fingerprint density at radius 3 is 1.79 bits per heavy atom. The topological polar surface area (TPSA) is 76.0 Å². The van der Waals surface area contributed by atoms with E-state index >= 15 is 0 Å². The van der Waals surface area contributed by atoms with Crippen LogP contribution < -0.4 is 0 Å². The van der Waals surface area contributed by atoms with Gasteiger partial charge in [-0.2, -0.15) is 0 Å². The molecule has 0 radical (unpaired) electrons. The Morgan fingerprint density at radius 2 is 1.26 bits per heavy atom. The van der Waals surface area contributed by atoms with Crippen LogP contribution in [0.5, 0.6) is 0 Å². The van der Waals surface area contributed by atoms with E-state index in [1.807, 2.05) is 0 Å². The molecule has 6 rings (SSSR count). The Labute approximate surface area is 280 Å². The molecule has 2 N–H and O–H groups in total. The Hall–Kier alpha value is 1.59. The highest BCUT2D eigenvalue weighted by atomic mass is 35.5. The van der Waals surface area contributed by atoms with Gasteiger partial charge in [0.15, 0.2) is 8.67 Å². The summed E-state index contributed by atoms with van der Waals surface area (Å²) in [4.78, 5) is 5.36. The number of benzene rings is 1. The fraction of sp³-hybridized carbons (Fsp3) is 0.500. The van der Waals surface area contributed by atoms with Gasteiger partial charge in [0.05, 0.1) is 32.6 Å². The molecule has 0 saturated heterocycles. The molecule has 5 nitrogen and oxygen atoms in total. The average molecular weight is 777 g/mol. The lowest BCUT2D eigenvalue weighted by Crippen LogP contribution is -2.53. The largest absolute Gasteiger partial charge is 0.478 e. The minimum absolute atomic E-state index is 0.0285. The predicted octanol–water partition coefficient (Wildman–Crippen LogP) is 9.74. The van der Waals surface area contributed by atoms with E-state index in [9.17, 15) is 9.90 Å². The maximum Gasteiger partial charge on any atom is 0.336 e. The van der Waals surface area contributed by atoms with E-state index in [4.69, 9.17) is 133 Å². The van der Waals surface area contributed by atoms with E-state index in [0.717, 1.165) is 0 Å². The molecule has 39 heavy (non-hydrogen) atoms. The zero-order chi connectivity index (χ0) is 29.0. The van der Waals surface area contributed by atoms with Crippen LogP contribution in [-0.2, 0) is 9.37 Å². The number of alkyl halides is 8. The molecule has 2 saturated carbocycles. The number of carboxylic acid groups (broad SMARTS) is 1. The van der Waals surface area contributed by atoms with Gasteiger partial charge in [0.25, 0.3) is 0 Å². The number of halogens is 11. The number of carboxylic acids is 1. The summed E-state index contributed by atoms with van der Waals surface area (Å²) in [7, 11) is 0. The summed E-state index contributed by atoms with van der Waals surface area (Å²) in [6.07, 6.45) is 0. The highest BCUT2D eigenvalue weighted by molar-refractivity contribution is 7.94. The molecular weight excluding hydrogens is 766 g/mol. The molecule has 0 aromatic heterocycles. The minimum atomic E-state index is -2.01. The Morgan fingerprint density at radius 1 is 0.795 bits per heavy atom. The fourth-order valence-electron chi connectivity index (χ4n) is 7.53. The number of rotatable bonds is 4. The van der Waals surface area contributed by atoms with Crippen molar-refractivity contribution < 1.29 is 24.5 Å². The zero-order valence-electron chi connectivity index (χ0n) is 18.6. The molecule has 8 unspecified atom stereocenters. The van der Waals surface area contributed by atoms with Crippen LogP contribution in [0.3, 0.4) is 0 Å². The number of hydrogen-bond acceptors (Lipinski definition) is 5. The molecule has 4 bridgehead atoms. The van der Waals surface area contributed by atoms with Crippen molar-refractivity contribution in [2.45, 2.75) is 51.8 Å². The molecule has 0 heterocycles. The predicted molar refractivity (Wildman–Crippen MR) is 157 cm³/mol. The zero-order valence-corrected chi connectivity index (χ0v) is 27.8. The maximum atomic E-state index is 12.3. The Balaban J connectivity index is 1.77. The molecule has 1 aromatic rings. The minimum Gasteiger partial charge on any atom is -0.478 e. The van der Waals surface area contributed by atoms with Crippen molar-refractivity contribution in [2.75, 3.05) is 0 Å². The second-order valence-corrected chi connectivity index (χ2v) is 17.0. The van der Waals surface area contributed by atoms with Crippen LogP contribution in [0.4, 0.5) is 0 Å². The maximum absolute atomic E-state index is 12.3. The van der Waals surface area contributed by atoms with Gasteiger partial charge in [0.1, 0.15) is 19.5 Å². The van der Waals surface area contributed by atoms with Crippen LogP contribution in [-0.4, -0.2) is 44.5 Å². The van der Waals surface area contributed by atoms with Crippen molar-refractivity contribution in [1.82, 2.24) is 0 Å². The summed E-state index contributed by atoms with van der Waals surface area (Å²) in [5.74, 6) is -4.93. The standard InChI is InChI=1S/C22H11Cl11O5S/c1-4-13(23)18(27)10-6-3-8(39-38-37-36)7(16(34)35)2-5(6)9-12(11(10)17(4,26)21(18,30)31)20(29)15(25)14(24)19(9,28)22(20,32)33/h2-3,9-12,36H,1H3,(H,34,35). The van der Waals surface area contributed by atoms with Crippen molar-refractivity contribution in [1.29, 1.82) is 0 Å². The molecule has 5 aliphatic carbocycles. The number of carbonyl (C=O) groups is 1. The molecule has 8 atom stereocenters. The van der Waals surface area contributed by atoms with Crippen molar-refractivity contribution in [2.24, 2.45) is 11.8 Å². The number of aromatic carboxylic acids is 1. The third-order valence-electron chi connectivity index (χ3n) is 8.97.